The van der Waals surface area contributed by atoms with Gasteiger partial charge in [0.05, 0.1) is 11.4 Å². The van der Waals surface area contributed by atoms with Gasteiger partial charge in [0.2, 0.25) is 5.91 Å². The summed E-state index contributed by atoms with van der Waals surface area (Å²) >= 11 is 6.33. The first-order valence-corrected chi connectivity index (χ1v) is 12.0. The second kappa shape index (κ2) is 12.0. The van der Waals surface area contributed by atoms with E-state index in [9.17, 15) is 14.4 Å². The lowest BCUT2D eigenvalue weighted by molar-refractivity contribution is -0.116. The highest BCUT2D eigenvalue weighted by molar-refractivity contribution is 6.32. The molecule has 0 bridgehead atoms. The largest absolute Gasteiger partial charge is 0.444 e. The zero-order chi connectivity index (χ0) is 27.1. The summed E-state index contributed by atoms with van der Waals surface area (Å²) in [5.41, 5.74) is -0.131. The number of ether oxygens (including phenoxy) is 2. The predicted octanol–water partition coefficient (Wildman–Crippen LogP) is 6.62. The summed E-state index contributed by atoms with van der Waals surface area (Å²) in [6.07, 6.45) is 0.628. The summed E-state index contributed by atoms with van der Waals surface area (Å²) in [4.78, 5) is 45.3. The molecule has 0 radical (unpaired) electrons. The maximum Gasteiger partial charge on any atom is 0.413 e. The van der Waals surface area contributed by atoms with Crippen LogP contribution in [0.1, 0.15) is 67.7 Å². The van der Waals surface area contributed by atoms with Crippen LogP contribution in [0.15, 0.2) is 24.3 Å². The standard InChI is InChI=1S/C25H34ClN5O5/c1-8-9-10-20(32)27-17-12-11-16(28-21(17)26)15-13-18(30-22(33)35-24(2,3)4)29-19(14-15)31-23(34)36-25(5,6)7/h11-14H,8-10H2,1-7H3,(H,27,32)(H2,29,30,31,33,34). The number of anilines is 3. The maximum absolute atomic E-state index is 12.3. The Kier molecular flexibility index (Phi) is 9.63. The van der Waals surface area contributed by atoms with E-state index in [0.29, 0.717) is 23.4 Å². The lowest BCUT2D eigenvalue weighted by Crippen LogP contribution is -2.28. The Labute approximate surface area is 216 Å². The lowest BCUT2D eigenvalue weighted by atomic mass is 10.1. The van der Waals surface area contributed by atoms with E-state index >= 15 is 0 Å². The molecule has 2 rings (SSSR count). The van der Waals surface area contributed by atoms with E-state index in [2.05, 4.69) is 25.9 Å². The van der Waals surface area contributed by atoms with E-state index in [1.807, 2.05) is 6.92 Å². The molecule has 0 atom stereocenters. The summed E-state index contributed by atoms with van der Waals surface area (Å²) in [7, 11) is 0. The highest BCUT2D eigenvalue weighted by Gasteiger charge is 2.20. The number of amides is 3. The van der Waals surface area contributed by atoms with Crippen LogP contribution in [0, 0.1) is 0 Å². The van der Waals surface area contributed by atoms with E-state index in [4.69, 9.17) is 21.1 Å². The third-order valence-electron chi connectivity index (χ3n) is 4.26. The van der Waals surface area contributed by atoms with Crippen molar-refractivity contribution in [3.05, 3.63) is 29.4 Å². The third kappa shape index (κ3) is 10.1. The summed E-state index contributed by atoms with van der Waals surface area (Å²) in [6, 6.07) is 6.41. The number of carbonyl (C=O) groups excluding carboxylic acids is 3. The number of aromatic nitrogens is 2. The third-order valence-corrected chi connectivity index (χ3v) is 4.55. The minimum atomic E-state index is -0.717. The Morgan fingerprint density at radius 2 is 1.39 bits per heavy atom. The fourth-order valence-corrected chi connectivity index (χ4v) is 3.06. The molecule has 0 saturated heterocycles. The Balaban J connectivity index is 2.37. The summed E-state index contributed by atoms with van der Waals surface area (Å²) in [6.45, 7) is 12.4. The van der Waals surface area contributed by atoms with Gasteiger partial charge in [-0.05, 0) is 72.2 Å². The van der Waals surface area contributed by atoms with Crippen molar-refractivity contribution in [2.45, 2.75) is 78.9 Å². The minimum absolute atomic E-state index is 0.0949. The second-order valence-electron chi connectivity index (χ2n) is 10.1. The van der Waals surface area contributed by atoms with Gasteiger partial charge < -0.3 is 14.8 Å². The molecule has 0 fully saturated rings. The molecule has 2 heterocycles. The first-order chi connectivity index (χ1) is 16.6. The van der Waals surface area contributed by atoms with Gasteiger partial charge in [-0.2, -0.15) is 0 Å². The van der Waals surface area contributed by atoms with Gasteiger partial charge in [0.15, 0.2) is 5.15 Å². The molecule has 0 unspecified atom stereocenters. The molecule has 2 aromatic rings. The fraction of sp³-hybridized carbons (Fsp3) is 0.480. The summed E-state index contributed by atoms with van der Waals surface area (Å²) in [5, 5.41) is 7.96. The van der Waals surface area contributed by atoms with E-state index in [1.165, 1.54) is 0 Å². The molecular formula is C25H34ClN5O5. The maximum atomic E-state index is 12.3. The monoisotopic (exact) mass is 519 g/mol. The van der Waals surface area contributed by atoms with E-state index in [0.717, 1.165) is 12.8 Å². The zero-order valence-electron chi connectivity index (χ0n) is 21.7. The van der Waals surface area contributed by atoms with Crippen LogP contribution in [0.2, 0.25) is 5.15 Å². The van der Waals surface area contributed by atoms with Gasteiger partial charge >= 0.3 is 12.2 Å². The summed E-state index contributed by atoms with van der Waals surface area (Å²) < 4.78 is 10.6. The molecule has 11 heteroatoms. The Hall–Kier alpha value is -3.40. The van der Waals surface area contributed by atoms with Crippen molar-refractivity contribution in [1.82, 2.24) is 9.97 Å². The van der Waals surface area contributed by atoms with Crippen molar-refractivity contribution in [1.29, 1.82) is 0 Å². The highest BCUT2D eigenvalue weighted by Crippen LogP contribution is 2.29. The van der Waals surface area contributed by atoms with Crippen LogP contribution >= 0.6 is 11.6 Å². The Morgan fingerprint density at radius 3 is 1.83 bits per heavy atom. The van der Waals surface area contributed by atoms with Crippen LogP contribution in [0.5, 0.6) is 0 Å². The number of halogens is 1. The van der Waals surface area contributed by atoms with E-state index in [-0.39, 0.29) is 22.7 Å². The van der Waals surface area contributed by atoms with Crippen molar-refractivity contribution in [2.24, 2.45) is 0 Å². The molecular weight excluding hydrogens is 486 g/mol. The number of pyridine rings is 2. The fourth-order valence-electron chi connectivity index (χ4n) is 2.86. The van der Waals surface area contributed by atoms with Crippen molar-refractivity contribution in [2.75, 3.05) is 16.0 Å². The van der Waals surface area contributed by atoms with Crippen molar-refractivity contribution < 1.29 is 23.9 Å². The first kappa shape index (κ1) is 28.8. The van der Waals surface area contributed by atoms with Gasteiger partial charge in [0.1, 0.15) is 22.8 Å². The second-order valence-corrected chi connectivity index (χ2v) is 10.4. The SMILES string of the molecule is CCCCC(=O)Nc1ccc(-c2cc(NC(=O)OC(C)(C)C)nc(NC(=O)OC(C)(C)C)c2)nc1Cl. The van der Waals surface area contributed by atoms with Crippen LogP contribution in [0.25, 0.3) is 11.3 Å². The molecule has 196 valence electrons. The molecule has 3 amide bonds. The molecule has 2 aromatic heterocycles. The van der Waals surface area contributed by atoms with Crippen molar-refractivity contribution >= 4 is 47.0 Å². The molecule has 0 aliphatic carbocycles. The number of nitrogens with one attached hydrogen (secondary N) is 3. The minimum Gasteiger partial charge on any atom is -0.444 e. The van der Waals surface area contributed by atoms with Crippen LogP contribution in [0.4, 0.5) is 26.9 Å². The predicted molar refractivity (Wildman–Crippen MR) is 140 cm³/mol. The molecule has 36 heavy (non-hydrogen) atoms. The number of unbranched alkanes of at least 4 members (excludes halogenated alkanes) is 1. The average Bonchev–Trinajstić information content (AvgIpc) is 2.70. The van der Waals surface area contributed by atoms with Crippen molar-refractivity contribution in [3.8, 4) is 11.3 Å². The smallest absolute Gasteiger partial charge is 0.413 e. The Bertz CT molecular complexity index is 1060. The Morgan fingerprint density at radius 1 is 0.861 bits per heavy atom. The average molecular weight is 520 g/mol. The quantitative estimate of drug-likeness (QED) is 0.350. The van der Waals surface area contributed by atoms with E-state index in [1.54, 1.807) is 65.8 Å². The van der Waals surface area contributed by atoms with Gasteiger partial charge in [-0.15, -0.1) is 0 Å². The van der Waals surface area contributed by atoms with E-state index < -0.39 is 23.4 Å². The number of nitrogens with zero attached hydrogens (tertiary/aromatic N) is 2. The van der Waals surface area contributed by atoms with Crippen molar-refractivity contribution in [3.63, 3.8) is 0 Å². The molecule has 0 aliphatic rings. The summed E-state index contributed by atoms with van der Waals surface area (Å²) in [5.74, 6) is 0.0789. The number of rotatable bonds is 7. The van der Waals surface area contributed by atoms with Crippen LogP contribution in [-0.4, -0.2) is 39.3 Å². The number of hydrogen-bond donors (Lipinski definition) is 3. The van der Waals surface area contributed by atoms with Crippen LogP contribution < -0.4 is 16.0 Å². The molecule has 0 aliphatic heterocycles. The van der Waals surface area contributed by atoms with Gasteiger partial charge in [-0.3, -0.25) is 15.4 Å². The highest BCUT2D eigenvalue weighted by atomic mass is 35.5. The van der Waals surface area contributed by atoms with Crippen LogP contribution in [0.3, 0.4) is 0 Å². The normalized spacial score (nSPS) is 11.4. The number of carbonyl (C=O) groups is 3. The molecule has 10 nitrogen and oxygen atoms in total. The zero-order valence-corrected chi connectivity index (χ0v) is 22.5. The molecule has 3 N–H and O–H groups in total. The lowest BCUT2D eigenvalue weighted by Gasteiger charge is -2.20. The van der Waals surface area contributed by atoms with Gasteiger partial charge in [-0.1, -0.05) is 24.9 Å². The van der Waals surface area contributed by atoms with Gasteiger partial charge in [-0.25, -0.2) is 19.6 Å². The van der Waals surface area contributed by atoms with Gasteiger partial charge in [0.25, 0.3) is 0 Å². The molecule has 0 saturated carbocycles. The molecule has 0 spiro atoms. The molecule has 0 aromatic carbocycles. The van der Waals surface area contributed by atoms with Crippen LogP contribution in [-0.2, 0) is 14.3 Å². The topological polar surface area (TPSA) is 132 Å². The first-order valence-electron chi connectivity index (χ1n) is 11.6. The number of hydrogen-bond acceptors (Lipinski definition) is 7. The van der Waals surface area contributed by atoms with Gasteiger partial charge in [0, 0.05) is 12.0 Å².